The van der Waals surface area contributed by atoms with Gasteiger partial charge in [0.15, 0.2) is 0 Å². The van der Waals surface area contributed by atoms with Crippen LogP contribution in [0, 0.1) is 0 Å². The van der Waals surface area contributed by atoms with Crippen LogP contribution in [0.2, 0.25) is 0 Å². The SMILES string of the molecule is CCCCCCCCCCCCCCCC(=O)OC[C@H](CSC[C@H](N)C(=O)NCC(=O)N[C@@H](CCC(=O)OC(C)(C)C)C(=O)N[C@@H](CCC(=O)OC(C)(C)C)C(=O)OC(C)(C)C)OC(=O)CCCCCCCCCCCCCCC. The van der Waals surface area contributed by atoms with Gasteiger partial charge in [0.2, 0.25) is 17.7 Å². The summed E-state index contributed by atoms with van der Waals surface area (Å²) in [5.74, 6) is -4.81. The molecule has 80 heavy (non-hydrogen) atoms. The molecule has 0 fully saturated rings. The van der Waals surface area contributed by atoms with Crippen molar-refractivity contribution in [2.45, 2.75) is 323 Å². The Bertz CT molecular complexity index is 1730. The molecule has 18 heteroatoms. The molecule has 0 aromatic carbocycles. The zero-order valence-electron chi connectivity index (χ0n) is 52.1. The Hall–Kier alpha value is -3.93. The maximum atomic E-state index is 13.8. The molecular formula is C62H114N4O13S. The molecular weight excluding hydrogens is 1040 g/mol. The van der Waals surface area contributed by atoms with Crippen molar-refractivity contribution in [3.8, 4) is 0 Å². The second-order valence-corrected chi connectivity index (χ2v) is 25.7. The van der Waals surface area contributed by atoms with Crippen LogP contribution in [0.3, 0.4) is 0 Å². The van der Waals surface area contributed by atoms with Crippen molar-refractivity contribution in [1.82, 2.24) is 16.0 Å². The summed E-state index contributed by atoms with van der Waals surface area (Å²) in [6, 6.07) is -3.80. The van der Waals surface area contributed by atoms with Crippen molar-refractivity contribution in [1.29, 1.82) is 0 Å². The van der Waals surface area contributed by atoms with Crippen LogP contribution in [0.25, 0.3) is 0 Å². The summed E-state index contributed by atoms with van der Waals surface area (Å²) in [5.41, 5.74) is 3.71. The molecule has 17 nitrogen and oxygen atoms in total. The minimum absolute atomic E-state index is 0.0729. The molecule has 0 aromatic heterocycles. The summed E-state index contributed by atoms with van der Waals surface area (Å²) in [7, 11) is 0. The summed E-state index contributed by atoms with van der Waals surface area (Å²) in [4.78, 5) is 105. The van der Waals surface area contributed by atoms with Gasteiger partial charge in [-0.05, 0) is 88.0 Å². The van der Waals surface area contributed by atoms with Gasteiger partial charge in [-0.3, -0.25) is 33.6 Å². The molecule has 4 atom stereocenters. The van der Waals surface area contributed by atoms with Gasteiger partial charge < -0.3 is 45.4 Å². The molecule has 0 aliphatic heterocycles. The molecule has 0 rings (SSSR count). The van der Waals surface area contributed by atoms with Crippen molar-refractivity contribution in [2.24, 2.45) is 5.73 Å². The van der Waals surface area contributed by atoms with Gasteiger partial charge in [0.1, 0.15) is 41.6 Å². The average Bonchev–Trinajstić information content (AvgIpc) is 3.35. The van der Waals surface area contributed by atoms with Gasteiger partial charge in [0, 0.05) is 37.2 Å². The van der Waals surface area contributed by atoms with Crippen LogP contribution in [0.15, 0.2) is 0 Å². The predicted octanol–water partition coefficient (Wildman–Crippen LogP) is 12.1. The second kappa shape index (κ2) is 45.6. The lowest BCUT2D eigenvalue weighted by atomic mass is 10.0. The van der Waals surface area contributed by atoms with Gasteiger partial charge in [-0.25, -0.2) is 4.79 Å². The van der Waals surface area contributed by atoms with Crippen LogP contribution in [0.4, 0.5) is 0 Å². The lowest BCUT2D eigenvalue weighted by Gasteiger charge is -2.27. The highest BCUT2D eigenvalue weighted by Crippen LogP contribution is 2.19. The van der Waals surface area contributed by atoms with Crippen LogP contribution in [0.5, 0.6) is 0 Å². The summed E-state index contributed by atoms with van der Waals surface area (Å²) in [6.45, 7) is 18.9. The molecule has 3 amide bonds. The normalized spacial score (nSPS) is 13.3. The van der Waals surface area contributed by atoms with E-state index >= 15 is 0 Å². The first-order chi connectivity index (χ1) is 37.7. The van der Waals surface area contributed by atoms with E-state index in [-0.39, 0.29) is 68.6 Å². The number of nitrogens with one attached hydrogen (secondary N) is 3. The topological polar surface area (TPSA) is 245 Å². The Balaban J connectivity index is 5.53. The van der Waals surface area contributed by atoms with E-state index in [1.807, 2.05) is 0 Å². The van der Waals surface area contributed by atoms with Crippen LogP contribution < -0.4 is 21.7 Å². The van der Waals surface area contributed by atoms with E-state index in [1.165, 1.54) is 127 Å². The van der Waals surface area contributed by atoms with E-state index < -0.39 is 83.2 Å². The Morgan fingerprint density at radius 3 is 1.24 bits per heavy atom. The van der Waals surface area contributed by atoms with Crippen LogP contribution >= 0.6 is 11.8 Å². The van der Waals surface area contributed by atoms with Gasteiger partial charge in [0.05, 0.1) is 12.6 Å². The smallest absolute Gasteiger partial charge is 0.329 e. The number of thioether (sulfide) groups is 1. The van der Waals surface area contributed by atoms with E-state index in [2.05, 4.69) is 29.8 Å². The molecule has 0 unspecified atom stereocenters. The third-order valence-corrected chi connectivity index (χ3v) is 14.0. The summed E-state index contributed by atoms with van der Waals surface area (Å²) in [5, 5.41) is 7.60. The van der Waals surface area contributed by atoms with Crippen molar-refractivity contribution in [3.05, 3.63) is 0 Å². The first-order valence-corrected chi connectivity index (χ1v) is 32.1. The fourth-order valence-corrected chi connectivity index (χ4v) is 9.58. The number of hydrogen-bond donors (Lipinski definition) is 4. The fourth-order valence-electron chi connectivity index (χ4n) is 8.61. The van der Waals surface area contributed by atoms with E-state index in [4.69, 9.17) is 29.4 Å². The second-order valence-electron chi connectivity index (χ2n) is 24.6. The zero-order valence-corrected chi connectivity index (χ0v) is 52.9. The first-order valence-electron chi connectivity index (χ1n) is 31.0. The zero-order chi connectivity index (χ0) is 60.2. The lowest BCUT2D eigenvalue weighted by Crippen LogP contribution is -2.54. The van der Waals surface area contributed by atoms with Crippen molar-refractivity contribution in [2.75, 3.05) is 24.7 Å². The number of hydrogen-bond acceptors (Lipinski definition) is 15. The van der Waals surface area contributed by atoms with Gasteiger partial charge in [0.25, 0.3) is 0 Å². The molecule has 0 heterocycles. The largest absolute Gasteiger partial charge is 0.462 e. The van der Waals surface area contributed by atoms with Crippen LogP contribution in [0.1, 0.15) is 282 Å². The van der Waals surface area contributed by atoms with Crippen LogP contribution in [-0.2, 0) is 62.0 Å². The molecule has 0 bridgehead atoms. The van der Waals surface area contributed by atoms with Gasteiger partial charge in [-0.2, -0.15) is 11.8 Å². The Morgan fingerprint density at radius 2 is 0.825 bits per heavy atom. The quantitative estimate of drug-likeness (QED) is 0.0251. The number of carbonyl (C=O) groups is 8. The molecule has 0 aromatic rings. The van der Waals surface area contributed by atoms with Crippen LogP contribution in [-0.4, -0.2) is 113 Å². The molecule has 5 N–H and O–H groups in total. The number of ether oxygens (including phenoxy) is 5. The maximum absolute atomic E-state index is 13.8. The highest BCUT2D eigenvalue weighted by Gasteiger charge is 2.32. The highest BCUT2D eigenvalue weighted by molar-refractivity contribution is 7.99. The summed E-state index contributed by atoms with van der Waals surface area (Å²) < 4.78 is 27.8. The van der Waals surface area contributed by atoms with E-state index in [0.29, 0.717) is 6.42 Å². The molecule has 0 spiro atoms. The van der Waals surface area contributed by atoms with Gasteiger partial charge in [-0.15, -0.1) is 0 Å². The first kappa shape index (κ1) is 76.1. The molecule has 0 saturated heterocycles. The molecule has 0 saturated carbocycles. The summed E-state index contributed by atoms with van der Waals surface area (Å²) >= 11 is 1.24. The maximum Gasteiger partial charge on any atom is 0.329 e. The van der Waals surface area contributed by atoms with E-state index in [9.17, 15) is 38.4 Å². The standard InChI is InChI=1S/C62H114N4O13S/c1-12-14-16-18-20-22-24-26-28-30-32-34-36-38-53(68)75-45-48(76-54(69)39-37-35-33-31-29-27-25-23-21-19-17-15-13-2)46-80-47-49(63)57(72)64-44-52(67)65-50(40-42-55(70)77-60(3,4)5)58(73)66-51(59(74)79-62(9,10)11)41-43-56(71)78-61(6,7)8/h48-51H,12-47,63H2,1-11H3,(H,64,72)(H,65,67)(H,66,73)/t48-,49+,50+,51+/m1/s1. The van der Waals surface area contributed by atoms with Crippen molar-refractivity contribution >= 4 is 59.3 Å². The Kier molecular flexibility index (Phi) is 43.3. The predicted molar refractivity (Wildman–Crippen MR) is 320 cm³/mol. The Morgan fingerprint density at radius 1 is 0.438 bits per heavy atom. The fraction of sp³-hybridized carbons (Fsp3) is 0.871. The molecule has 0 aliphatic rings. The number of amides is 3. The monoisotopic (exact) mass is 1150 g/mol. The third kappa shape index (κ3) is 47.7. The highest BCUT2D eigenvalue weighted by atomic mass is 32.2. The molecule has 0 aliphatic carbocycles. The minimum Gasteiger partial charge on any atom is -0.462 e. The number of unbranched alkanes of at least 4 members (excludes halogenated alkanes) is 24. The third-order valence-electron chi connectivity index (χ3n) is 12.8. The number of rotatable bonds is 48. The van der Waals surface area contributed by atoms with Gasteiger partial charge >= 0.3 is 29.8 Å². The minimum atomic E-state index is -1.38. The average molecular weight is 1160 g/mol. The van der Waals surface area contributed by atoms with E-state index in [0.717, 1.165) is 44.9 Å². The van der Waals surface area contributed by atoms with Gasteiger partial charge in [-0.1, -0.05) is 168 Å². The lowest BCUT2D eigenvalue weighted by molar-refractivity contribution is -0.161. The Labute approximate surface area is 488 Å². The number of carbonyl (C=O) groups excluding carboxylic acids is 8. The van der Waals surface area contributed by atoms with Crippen molar-refractivity contribution in [3.63, 3.8) is 0 Å². The number of nitrogens with two attached hydrogens (primary N) is 1. The molecule has 0 radical (unpaired) electrons. The van der Waals surface area contributed by atoms with E-state index in [1.54, 1.807) is 62.3 Å². The summed E-state index contributed by atoms with van der Waals surface area (Å²) in [6.07, 6.45) is 29.8. The number of esters is 5. The molecule has 466 valence electrons. The van der Waals surface area contributed by atoms with Crippen molar-refractivity contribution < 1.29 is 62.0 Å².